The van der Waals surface area contributed by atoms with E-state index in [0.717, 1.165) is 4.47 Å². The molecular weight excluding hydrogens is 233 g/mol. The predicted molar refractivity (Wildman–Crippen MR) is 56.3 cm³/mol. The van der Waals surface area contributed by atoms with Gasteiger partial charge in [-0.3, -0.25) is 0 Å². The Morgan fingerprint density at radius 2 is 1.77 bits per heavy atom. The van der Waals surface area contributed by atoms with Gasteiger partial charge in [0, 0.05) is 10.0 Å². The molecule has 1 nitrogen and oxygen atoms in total. The summed E-state index contributed by atoms with van der Waals surface area (Å²) in [5.74, 6) is 0. The number of benzene rings is 1. The highest BCUT2D eigenvalue weighted by Crippen LogP contribution is 2.28. The number of alkyl halides is 1. The fraction of sp³-hybridized carbons (Fsp3) is 0.400. The van der Waals surface area contributed by atoms with Crippen LogP contribution in [0, 0.1) is 0 Å². The monoisotopic (exact) mass is 245 g/mol. The Labute approximate surface area is 86.3 Å². The third-order valence-electron chi connectivity index (χ3n) is 1.82. The fourth-order valence-corrected chi connectivity index (χ4v) is 1.33. The Morgan fingerprint density at radius 1 is 1.31 bits per heavy atom. The van der Waals surface area contributed by atoms with Crippen molar-refractivity contribution in [3.05, 3.63) is 34.3 Å². The summed E-state index contributed by atoms with van der Waals surface area (Å²) in [7, 11) is 0. The minimum Gasteiger partial charge on any atom is -0.323 e. The van der Waals surface area contributed by atoms with Crippen molar-refractivity contribution in [1.82, 2.24) is 0 Å². The molecule has 0 aromatic heterocycles. The molecule has 0 amide bonds. The van der Waals surface area contributed by atoms with E-state index < -0.39 is 11.7 Å². The molecule has 0 saturated carbocycles. The van der Waals surface area contributed by atoms with Gasteiger partial charge >= 0.3 is 0 Å². The van der Waals surface area contributed by atoms with Gasteiger partial charge < -0.3 is 5.73 Å². The van der Waals surface area contributed by atoms with Crippen LogP contribution in [-0.2, 0) is 0 Å². The van der Waals surface area contributed by atoms with E-state index in [1.807, 2.05) is 12.1 Å². The normalized spacial score (nSPS) is 14.2. The number of hydrogen-bond donors (Lipinski definition) is 1. The SMILES string of the molecule is CC(C)(N)C(F)c1ccc(Br)cc1. The van der Waals surface area contributed by atoms with Gasteiger partial charge in [-0.15, -0.1) is 0 Å². The van der Waals surface area contributed by atoms with Crippen LogP contribution >= 0.6 is 15.9 Å². The molecule has 1 rings (SSSR count). The molecule has 0 saturated heterocycles. The molecular formula is C10H13BrFN. The molecule has 1 aromatic carbocycles. The minimum atomic E-state index is -1.12. The Kier molecular flexibility index (Phi) is 3.09. The van der Waals surface area contributed by atoms with E-state index in [2.05, 4.69) is 15.9 Å². The summed E-state index contributed by atoms with van der Waals surface area (Å²) < 4.78 is 14.6. The van der Waals surface area contributed by atoms with Gasteiger partial charge in [0.05, 0.1) is 0 Å². The van der Waals surface area contributed by atoms with E-state index in [1.54, 1.807) is 26.0 Å². The largest absolute Gasteiger partial charge is 0.323 e. The van der Waals surface area contributed by atoms with E-state index in [1.165, 1.54) is 0 Å². The van der Waals surface area contributed by atoms with Gasteiger partial charge in [-0.25, -0.2) is 4.39 Å². The number of rotatable bonds is 2. The van der Waals surface area contributed by atoms with Crippen LogP contribution in [-0.4, -0.2) is 5.54 Å². The van der Waals surface area contributed by atoms with Crippen LogP contribution in [0.4, 0.5) is 4.39 Å². The lowest BCUT2D eigenvalue weighted by Gasteiger charge is -2.23. The van der Waals surface area contributed by atoms with E-state index in [4.69, 9.17) is 5.73 Å². The van der Waals surface area contributed by atoms with Gasteiger partial charge in [-0.05, 0) is 31.5 Å². The molecule has 1 unspecified atom stereocenters. The van der Waals surface area contributed by atoms with Crippen LogP contribution in [0.5, 0.6) is 0 Å². The smallest absolute Gasteiger partial charge is 0.142 e. The third-order valence-corrected chi connectivity index (χ3v) is 2.34. The van der Waals surface area contributed by atoms with E-state index >= 15 is 0 Å². The maximum absolute atomic E-state index is 13.6. The second-order valence-corrected chi connectivity index (χ2v) is 4.65. The first-order valence-corrected chi connectivity index (χ1v) is 4.89. The molecule has 1 aromatic rings. The van der Waals surface area contributed by atoms with Crippen molar-refractivity contribution in [2.24, 2.45) is 5.73 Å². The van der Waals surface area contributed by atoms with Crippen molar-refractivity contribution in [3.8, 4) is 0 Å². The highest BCUT2D eigenvalue weighted by Gasteiger charge is 2.25. The molecule has 1 atom stereocenters. The van der Waals surface area contributed by atoms with Gasteiger partial charge in [0.25, 0.3) is 0 Å². The first-order valence-electron chi connectivity index (χ1n) is 4.09. The maximum Gasteiger partial charge on any atom is 0.142 e. The maximum atomic E-state index is 13.6. The second kappa shape index (κ2) is 3.76. The minimum absolute atomic E-state index is 0.621. The first kappa shape index (κ1) is 10.7. The van der Waals surface area contributed by atoms with Crippen molar-refractivity contribution in [2.75, 3.05) is 0 Å². The first-order chi connectivity index (χ1) is 5.91. The van der Waals surface area contributed by atoms with E-state index in [0.29, 0.717) is 5.56 Å². The summed E-state index contributed by atoms with van der Waals surface area (Å²) in [6, 6.07) is 7.11. The molecule has 0 heterocycles. The average molecular weight is 246 g/mol. The van der Waals surface area contributed by atoms with E-state index in [-0.39, 0.29) is 0 Å². The molecule has 72 valence electrons. The molecule has 0 aliphatic carbocycles. The van der Waals surface area contributed by atoms with Crippen LogP contribution in [0.1, 0.15) is 25.6 Å². The number of halogens is 2. The molecule has 0 aliphatic rings. The molecule has 0 fully saturated rings. The summed E-state index contributed by atoms with van der Waals surface area (Å²) in [6.45, 7) is 3.36. The Bertz CT molecular complexity index is 276. The van der Waals surface area contributed by atoms with Crippen LogP contribution in [0.15, 0.2) is 28.7 Å². The molecule has 0 radical (unpaired) electrons. The molecule has 3 heteroatoms. The summed E-state index contributed by atoms with van der Waals surface area (Å²) in [6.07, 6.45) is -1.12. The van der Waals surface area contributed by atoms with Gasteiger partial charge in [0.2, 0.25) is 0 Å². The average Bonchev–Trinajstić information content (AvgIpc) is 2.03. The second-order valence-electron chi connectivity index (χ2n) is 3.74. The van der Waals surface area contributed by atoms with Crippen molar-refractivity contribution >= 4 is 15.9 Å². The van der Waals surface area contributed by atoms with Crippen molar-refractivity contribution in [1.29, 1.82) is 0 Å². The zero-order valence-electron chi connectivity index (χ0n) is 7.72. The predicted octanol–water partition coefficient (Wildman–Crippen LogP) is 3.20. The lowest BCUT2D eigenvalue weighted by molar-refractivity contribution is 0.223. The highest BCUT2D eigenvalue weighted by atomic mass is 79.9. The van der Waals surface area contributed by atoms with Crippen molar-refractivity contribution in [2.45, 2.75) is 25.6 Å². The highest BCUT2D eigenvalue weighted by molar-refractivity contribution is 9.10. The van der Waals surface area contributed by atoms with Crippen LogP contribution in [0.25, 0.3) is 0 Å². The number of nitrogens with two attached hydrogens (primary N) is 1. The number of hydrogen-bond acceptors (Lipinski definition) is 1. The Hall–Kier alpha value is -0.410. The Balaban J connectivity index is 2.90. The summed E-state index contributed by atoms with van der Waals surface area (Å²) in [5, 5.41) is 0. The Morgan fingerprint density at radius 3 is 2.15 bits per heavy atom. The molecule has 13 heavy (non-hydrogen) atoms. The zero-order chi connectivity index (χ0) is 10.1. The van der Waals surface area contributed by atoms with Gasteiger partial charge in [0.15, 0.2) is 0 Å². The topological polar surface area (TPSA) is 26.0 Å². The fourth-order valence-electron chi connectivity index (χ4n) is 1.06. The molecule has 0 aliphatic heterocycles. The summed E-state index contributed by atoms with van der Waals surface area (Å²) in [4.78, 5) is 0. The van der Waals surface area contributed by atoms with Crippen LogP contribution < -0.4 is 5.73 Å². The molecule has 2 N–H and O–H groups in total. The summed E-state index contributed by atoms with van der Waals surface area (Å²) in [5.41, 5.74) is 5.46. The standard InChI is InChI=1S/C10H13BrFN/c1-10(2,13)9(12)7-3-5-8(11)6-4-7/h3-6,9H,13H2,1-2H3. The molecule has 0 spiro atoms. The quantitative estimate of drug-likeness (QED) is 0.851. The zero-order valence-corrected chi connectivity index (χ0v) is 9.31. The van der Waals surface area contributed by atoms with Gasteiger partial charge in [0.1, 0.15) is 6.17 Å². The third kappa shape index (κ3) is 2.78. The van der Waals surface area contributed by atoms with Crippen molar-refractivity contribution < 1.29 is 4.39 Å². The summed E-state index contributed by atoms with van der Waals surface area (Å²) >= 11 is 3.29. The lowest BCUT2D eigenvalue weighted by Crippen LogP contribution is -2.37. The van der Waals surface area contributed by atoms with Crippen LogP contribution in [0.3, 0.4) is 0 Å². The van der Waals surface area contributed by atoms with Crippen LogP contribution in [0.2, 0.25) is 0 Å². The molecule has 0 bridgehead atoms. The van der Waals surface area contributed by atoms with E-state index in [9.17, 15) is 4.39 Å². The van der Waals surface area contributed by atoms with Gasteiger partial charge in [-0.1, -0.05) is 28.1 Å². The van der Waals surface area contributed by atoms with Gasteiger partial charge in [-0.2, -0.15) is 0 Å². The lowest BCUT2D eigenvalue weighted by atomic mass is 9.94. The van der Waals surface area contributed by atoms with Crippen molar-refractivity contribution in [3.63, 3.8) is 0 Å².